The SMILES string of the molecule is COc1ccc(CN2Cc3nc(-c4c(F)cccc4F)cc(Cc4ccc(N5[C@H](C)CCC[C@H]5C)cn4)c3C2=O)c(OC)c1.COc1ccc(CN2Cc3nc(-c4c(F)cccc4F)cc(Cl)c3C2=O)c(OC)c1.C[C@@H]1CCC[C@@H](C)C1c1ccc(N)nc1.C[C@@H]1CCC[C@@H](C)N1c1ccc(Cc2cc(-c3c(F)cccc3F)nc3c2C(=O)NC3)nc1. The summed E-state index contributed by atoms with van der Waals surface area (Å²) in [7, 11) is 6.24. The van der Waals surface area contributed by atoms with Crippen molar-refractivity contribution in [2.45, 2.75) is 175 Å². The number of halogens is 7. The number of carbonyl (C=O) groups excluding carboxylic acids is 3. The number of nitrogens with two attached hydrogens (primary N) is 1. The molecule has 6 atom stereocenters. The van der Waals surface area contributed by atoms with Crippen molar-refractivity contribution in [3.8, 4) is 56.8 Å². The zero-order valence-corrected chi connectivity index (χ0v) is 70.8. The van der Waals surface area contributed by atoms with Crippen LogP contribution in [-0.2, 0) is 45.6 Å². The van der Waals surface area contributed by atoms with Crippen molar-refractivity contribution in [3.05, 3.63) is 277 Å². The molecule has 0 bridgehead atoms. The number of amides is 3. The van der Waals surface area contributed by atoms with Crippen molar-refractivity contribution >= 4 is 46.5 Å². The van der Waals surface area contributed by atoms with E-state index in [1.165, 1.54) is 106 Å². The second-order valence-electron chi connectivity index (χ2n) is 32.3. The van der Waals surface area contributed by atoms with Crippen molar-refractivity contribution in [1.29, 1.82) is 0 Å². The number of piperidine rings is 2. The lowest BCUT2D eigenvalue weighted by atomic mass is 9.71. The molecule has 3 fully saturated rings. The van der Waals surface area contributed by atoms with Crippen LogP contribution in [0.25, 0.3) is 33.8 Å². The fourth-order valence-electron chi connectivity index (χ4n) is 18.1. The van der Waals surface area contributed by atoms with Crippen LogP contribution in [0.1, 0.15) is 193 Å². The van der Waals surface area contributed by atoms with Gasteiger partial charge in [0.25, 0.3) is 17.7 Å². The monoisotopic (exact) mass is 1680 g/mol. The maximum absolute atomic E-state index is 14.9. The lowest BCUT2D eigenvalue weighted by molar-refractivity contribution is 0.0757. The van der Waals surface area contributed by atoms with E-state index >= 15 is 0 Å². The third-order valence-electron chi connectivity index (χ3n) is 24.2. The van der Waals surface area contributed by atoms with Gasteiger partial charge >= 0.3 is 0 Å². The van der Waals surface area contributed by atoms with Crippen LogP contribution in [0.15, 0.2) is 164 Å². The summed E-state index contributed by atoms with van der Waals surface area (Å²) in [5.41, 5.74) is 15.8. The molecule has 11 heterocycles. The normalized spacial score (nSPS) is 18.5. The molecule has 5 aromatic carbocycles. The largest absolute Gasteiger partial charge is 0.497 e. The number of anilines is 3. The molecule has 17 rings (SSSR count). The highest BCUT2D eigenvalue weighted by atomic mass is 35.5. The summed E-state index contributed by atoms with van der Waals surface area (Å²) in [5.74, 6) is 0.289. The fraction of sp³-hybridized carbons (Fsp3) is 0.344. The van der Waals surface area contributed by atoms with Gasteiger partial charge in [-0.2, -0.15) is 0 Å². The third kappa shape index (κ3) is 18.7. The van der Waals surface area contributed by atoms with Crippen LogP contribution in [-0.4, -0.2) is 110 Å². The molecule has 3 N–H and O–H groups in total. The van der Waals surface area contributed by atoms with Crippen LogP contribution in [0.3, 0.4) is 0 Å². The summed E-state index contributed by atoms with van der Waals surface area (Å²) in [6.45, 7) is 14.8. The van der Waals surface area contributed by atoms with Gasteiger partial charge in [-0.3, -0.25) is 24.4 Å². The molecule has 3 amide bonds. The van der Waals surface area contributed by atoms with Gasteiger partial charge in [0.15, 0.2) is 0 Å². The number of nitrogens with one attached hydrogen (secondary N) is 1. The summed E-state index contributed by atoms with van der Waals surface area (Å²) >= 11 is 6.32. The predicted molar refractivity (Wildman–Crippen MR) is 459 cm³/mol. The zero-order valence-electron chi connectivity index (χ0n) is 70.0. The minimum atomic E-state index is -0.748. The maximum atomic E-state index is 14.9. The number of hydrogen-bond donors (Lipinski definition) is 2. The number of aromatic nitrogens is 6. The zero-order chi connectivity index (χ0) is 86.3. The summed E-state index contributed by atoms with van der Waals surface area (Å²) in [6.07, 6.45) is 17.6. The Bertz CT molecular complexity index is 5590. The highest BCUT2D eigenvalue weighted by Gasteiger charge is 2.37. The van der Waals surface area contributed by atoms with Crippen molar-refractivity contribution in [2.75, 3.05) is 44.0 Å². The van der Waals surface area contributed by atoms with Crippen molar-refractivity contribution in [3.63, 3.8) is 0 Å². The molecule has 5 aliphatic heterocycles. The highest BCUT2D eigenvalue weighted by Crippen LogP contribution is 2.44. The number of benzene rings is 5. The van der Waals surface area contributed by atoms with E-state index in [2.05, 4.69) is 99.8 Å². The van der Waals surface area contributed by atoms with Crippen LogP contribution in [0.5, 0.6) is 23.0 Å². The third-order valence-corrected chi connectivity index (χ3v) is 24.5. The Labute approximate surface area is 712 Å². The molecule has 19 nitrogen and oxygen atoms in total. The Hall–Kier alpha value is -12.1. The van der Waals surface area contributed by atoms with E-state index in [0.717, 1.165) is 70.7 Å². The van der Waals surface area contributed by atoms with E-state index in [1.807, 2.05) is 55.0 Å². The maximum Gasteiger partial charge on any atom is 0.257 e. The first kappa shape index (κ1) is 86.3. The summed E-state index contributed by atoms with van der Waals surface area (Å²) in [4.78, 5) is 74.3. The number of pyridine rings is 6. The van der Waals surface area contributed by atoms with E-state index in [1.54, 1.807) is 61.5 Å². The van der Waals surface area contributed by atoms with Gasteiger partial charge in [-0.15, -0.1) is 0 Å². The molecule has 6 aromatic heterocycles. The number of nitrogen functional groups attached to an aromatic ring is 1. The number of fused-ring (bicyclic) bond motifs is 3. The molecule has 0 spiro atoms. The summed E-state index contributed by atoms with van der Waals surface area (Å²) < 4.78 is 109. The van der Waals surface area contributed by atoms with Gasteiger partial charge in [0.2, 0.25) is 0 Å². The van der Waals surface area contributed by atoms with E-state index in [9.17, 15) is 40.7 Å². The number of hydrogen-bond acceptors (Lipinski definition) is 16. The average molecular weight is 1680 g/mol. The van der Waals surface area contributed by atoms with Crippen molar-refractivity contribution < 1.29 is 59.7 Å². The topological polar surface area (TPSA) is 216 Å². The molecule has 1 saturated carbocycles. The highest BCUT2D eigenvalue weighted by molar-refractivity contribution is 6.34. The minimum Gasteiger partial charge on any atom is -0.497 e. The smallest absolute Gasteiger partial charge is 0.257 e. The van der Waals surface area contributed by atoms with Crippen LogP contribution in [0.4, 0.5) is 43.5 Å². The van der Waals surface area contributed by atoms with E-state index in [4.69, 9.17) is 41.3 Å². The Morgan fingerprint density at radius 1 is 0.434 bits per heavy atom. The van der Waals surface area contributed by atoms with Gasteiger partial charge < -0.3 is 49.6 Å². The lowest BCUT2D eigenvalue weighted by Gasteiger charge is -2.40. The van der Waals surface area contributed by atoms with Crippen LogP contribution in [0, 0.1) is 46.7 Å². The minimum absolute atomic E-state index is 0.0472. The summed E-state index contributed by atoms with van der Waals surface area (Å²) in [5, 5.41) is 2.87. The van der Waals surface area contributed by atoms with E-state index in [-0.39, 0.29) is 94.8 Å². The van der Waals surface area contributed by atoms with Gasteiger partial charge in [0.1, 0.15) is 63.7 Å². The van der Waals surface area contributed by atoms with E-state index < -0.39 is 34.9 Å². The van der Waals surface area contributed by atoms with Gasteiger partial charge in [-0.05, 0) is 210 Å². The second kappa shape index (κ2) is 37.9. The molecular weight excluding hydrogens is 1580 g/mol. The molecule has 26 heteroatoms. The Morgan fingerprint density at radius 3 is 1.25 bits per heavy atom. The van der Waals surface area contributed by atoms with Gasteiger partial charge in [0.05, 0.1) is 157 Å². The lowest BCUT2D eigenvalue weighted by Crippen LogP contribution is -2.43. The molecule has 122 heavy (non-hydrogen) atoms. The number of ether oxygens (including phenoxy) is 4. The average Bonchev–Trinajstić information content (AvgIpc) is 1.59. The molecule has 0 radical (unpaired) electrons. The number of methoxy groups -OCH3 is 4. The van der Waals surface area contributed by atoms with Crippen molar-refractivity contribution in [1.82, 2.24) is 45.0 Å². The molecule has 6 aliphatic rings. The number of rotatable bonds is 18. The first-order valence-corrected chi connectivity index (χ1v) is 41.7. The van der Waals surface area contributed by atoms with Crippen LogP contribution >= 0.6 is 11.6 Å². The van der Waals surface area contributed by atoms with Crippen LogP contribution < -0.4 is 39.8 Å². The first-order valence-electron chi connectivity index (χ1n) is 41.3. The fourth-order valence-corrected chi connectivity index (χ4v) is 18.4. The predicted octanol–water partition coefficient (Wildman–Crippen LogP) is 20.0. The molecule has 2 saturated heterocycles. The van der Waals surface area contributed by atoms with E-state index in [0.29, 0.717) is 111 Å². The molecule has 11 aromatic rings. The summed E-state index contributed by atoms with van der Waals surface area (Å²) in [6, 6.07) is 40.3. The van der Waals surface area contributed by atoms with Gasteiger partial charge in [-0.25, -0.2) is 46.3 Å². The quantitative estimate of drug-likeness (QED) is 0.0764. The standard InChI is InChI=1S/C35H36F2N4O3.C26H26F2N4O.C22H17ClF2N2O3.C13H20N2/c1-21-7-5-8-22(2)41(21)26-13-12-25(38-18-26)15-24-16-30(34-28(36)9-6-10-29(34)37)39-31-20-40(35(42)33(24)31)19-23-11-14-27(43-3)17-32(23)44-4;1-15-5-3-6-16(2)32(15)19-10-9-18(29-13-19)11-17-12-22(25-20(27)7-4-8-21(25)28)31-23-14-30-26(33)24(17)23;1-29-13-7-6-12(19(8-13)30-2)10-27-11-18-20(22(27)28)14(23)9-17(26-18)21-15(24)4-3-5-16(21)25;1-9-4-3-5-10(2)13(9)11-6-7-12(14)15-8-11/h6,9-14,16-18,21-22H,5,7-8,15,19-20H2,1-4H3;4,7-10,12-13,15-16H,3,5-6,11,14H2,1-2H3,(H,30,33);3-9H,10-11H2,1-2H3;6-10,13H,3-5H2,1-2H3,(H2,14,15)/t21-,22-;15-,16-;;9-,10-/m11.1/s1. The second-order valence-corrected chi connectivity index (χ2v) is 32.7. The molecular formula is C96H99ClF6N12O7. The van der Waals surface area contributed by atoms with Crippen LogP contribution in [0.2, 0.25) is 5.02 Å². The molecule has 1 aliphatic carbocycles. The molecule has 634 valence electrons. The van der Waals surface area contributed by atoms with Gasteiger partial charge in [0, 0.05) is 77.9 Å². The number of nitrogens with zero attached hydrogens (tertiary/aromatic N) is 10. The Morgan fingerprint density at radius 2 is 0.844 bits per heavy atom. The Balaban J connectivity index is 0.000000140. The molecule has 0 unspecified atom stereocenters. The van der Waals surface area contributed by atoms with Crippen molar-refractivity contribution in [2.24, 2.45) is 11.8 Å². The Kier molecular flexibility index (Phi) is 26.8. The number of carbonyl (C=O) groups is 3. The van der Waals surface area contributed by atoms with Gasteiger partial charge in [-0.1, -0.05) is 69.0 Å². The first-order chi connectivity index (χ1) is 58.8.